The lowest BCUT2D eigenvalue weighted by Gasteiger charge is -2.28. The van der Waals surface area contributed by atoms with Crippen LogP contribution in [0.3, 0.4) is 0 Å². The largest absolute Gasteiger partial charge is 0.453 e. The number of carbonyl (C=O) groups is 6. The van der Waals surface area contributed by atoms with Crippen molar-refractivity contribution < 1.29 is 38.2 Å². The molecule has 0 aromatic heterocycles. The Morgan fingerprint density at radius 1 is 0.552 bits per heavy atom. The molecule has 0 aliphatic carbocycles. The zero-order valence-electron chi connectivity index (χ0n) is 32.1. The van der Waals surface area contributed by atoms with E-state index in [2.05, 4.69) is 33.1 Å². The Bertz CT molecular complexity index is 2020. The first-order chi connectivity index (χ1) is 28.1. The number of hydrogen-bond acceptors (Lipinski definition) is 8. The van der Waals surface area contributed by atoms with Gasteiger partial charge in [0.2, 0.25) is 11.8 Å². The molecule has 298 valence electrons. The van der Waals surface area contributed by atoms with Gasteiger partial charge in [0.1, 0.15) is 24.2 Å². The zero-order valence-corrected chi connectivity index (χ0v) is 32.1. The van der Waals surface area contributed by atoms with Crippen molar-refractivity contribution in [2.75, 3.05) is 37.9 Å². The van der Waals surface area contributed by atoms with E-state index in [0.717, 1.165) is 0 Å². The van der Waals surface area contributed by atoms with Gasteiger partial charge in [0, 0.05) is 35.6 Å². The zero-order chi connectivity index (χ0) is 41.0. The van der Waals surface area contributed by atoms with E-state index < -0.39 is 48.2 Å². The molecule has 2 aliphatic rings. The van der Waals surface area contributed by atoms with Crippen LogP contribution in [0.5, 0.6) is 0 Å². The lowest BCUT2D eigenvalue weighted by Crippen LogP contribution is -2.48. The molecule has 2 saturated heterocycles. The Labute approximate surface area is 336 Å². The van der Waals surface area contributed by atoms with Crippen molar-refractivity contribution in [1.29, 1.82) is 0 Å². The van der Waals surface area contributed by atoms with E-state index in [4.69, 9.17) is 9.47 Å². The van der Waals surface area contributed by atoms with Gasteiger partial charge in [-0.05, 0) is 85.3 Å². The molecule has 2 fully saturated rings. The molecule has 0 spiro atoms. The van der Waals surface area contributed by atoms with Crippen LogP contribution >= 0.6 is 0 Å². The first-order valence-corrected chi connectivity index (χ1v) is 18.9. The number of ether oxygens (including phenoxy) is 2. The Morgan fingerprint density at radius 2 is 0.914 bits per heavy atom. The SMILES string of the molecule is COC(=O)N[C@@H](C(=O)N1CCC[C@H]1C(=O)Nc1ccc(C#Cc2ccc(NC(=O)[C@@H]3CCCN3C(=O)[C@H](NC(=O)OC)c3ccccc3)cc2)cc1)c1ccccc1. The van der Waals surface area contributed by atoms with Gasteiger partial charge < -0.3 is 40.5 Å². The fourth-order valence-corrected chi connectivity index (χ4v) is 7.03. The molecule has 0 saturated carbocycles. The van der Waals surface area contributed by atoms with Crippen molar-refractivity contribution in [3.63, 3.8) is 0 Å². The third-order valence-corrected chi connectivity index (χ3v) is 9.99. The molecule has 0 radical (unpaired) electrons. The van der Waals surface area contributed by atoms with Gasteiger partial charge in [-0.15, -0.1) is 0 Å². The Hall–Kier alpha value is -7.14. The first kappa shape index (κ1) is 40.5. The van der Waals surface area contributed by atoms with Crippen molar-refractivity contribution in [2.45, 2.75) is 49.9 Å². The molecule has 4 atom stereocenters. The fourth-order valence-electron chi connectivity index (χ4n) is 7.03. The summed E-state index contributed by atoms with van der Waals surface area (Å²) in [4.78, 5) is 81.3. The molecule has 6 rings (SSSR count). The number of nitrogens with one attached hydrogen (secondary N) is 4. The van der Waals surface area contributed by atoms with Gasteiger partial charge in [0.25, 0.3) is 11.8 Å². The van der Waals surface area contributed by atoms with E-state index in [9.17, 15) is 28.8 Å². The van der Waals surface area contributed by atoms with Gasteiger partial charge in [-0.25, -0.2) is 9.59 Å². The van der Waals surface area contributed by atoms with Crippen LogP contribution in [0.4, 0.5) is 21.0 Å². The van der Waals surface area contributed by atoms with Crippen LogP contribution in [0.2, 0.25) is 0 Å². The number of likely N-dealkylation sites (tertiary alicyclic amines) is 2. The van der Waals surface area contributed by atoms with E-state index in [0.29, 0.717) is 72.4 Å². The molecule has 4 aromatic rings. The highest BCUT2D eigenvalue weighted by atomic mass is 16.5. The maximum absolute atomic E-state index is 13.7. The van der Waals surface area contributed by atoms with Gasteiger partial charge in [-0.2, -0.15) is 0 Å². The second-order valence-electron chi connectivity index (χ2n) is 13.7. The van der Waals surface area contributed by atoms with E-state index in [1.165, 1.54) is 24.0 Å². The molecule has 14 heteroatoms. The number of amides is 6. The third kappa shape index (κ3) is 9.99. The van der Waals surface area contributed by atoms with Crippen LogP contribution in [0.1, 0.15) is 60.0 Å². The standard InChI is InChI=1S/C44H44N6O8/c1-57-43(55)47-37(31-11-5-3-6-12-31)41(53)49-27-9-15-35(49)39(51)45-33-23-19-29(20-24-33)17-18-30-21-25-34(26-22-30)46-40(52)36-16-10-28-50(36)42(54)38(48-44(56)58-2)32-13-7-4-8-14-32/h3-8,11-14,19-26,35-38H,9-10,15-16,27-28H2,1-2H3,(H,45,51)(H,46,52)(H,47,55)(H,48,56)/t35-,36-,37+,38+/m0/s1. The average molecular weight is 785 g/mol. The van der Waals surface area contributed by atoms with Gasteiger partial charge in [-0.3, -0.25) is 19.2 Å². The summed E-state index contributed by atoms with van der Waals surface area (Å²) < 4.78 is 9.49. The van der Waals surface area contributed by atoms with Crippen LogP contribution in [0, 0.1) is 11.8 Å². The number of carbonyl (C=O) groups excluding carboxylic acids is 6. The van der Waals surface area contributed by atoms with E-state index >= 15 is 0 Å². The molecule has 2 heterocycles. The summed E-state index contributed by atoms with van der Waals surface area (Å²) in [5.74, 6) is 4.74. The fraction of sp³-hybridized carbons (Fsp3) is 0.273. The second-order valence-corrected chi connectivity index (χ2v) is 13.7. The lowest BCUT2D eigenvalue weighted by molar-refractivity contribution is -0.138. The average Bonchev–Trinajstić information content (AvgIpc) is 3.97. The predicted octanol–water partition coefficient (Wildman–Crippen LogP) is 5.14. The topological polar surface area (TPSA) is 175 Å². The molecule has 0 unspecified atom stereocenters. The Balaban J connectivity index is 1.03. The van der Waals surface area contributed by atoms with Crippen molar-refractivity contribution in [3.05, 3.63) is 131 Å². The highest BCUT2D eigenvalue weighted by Gasteiger charge is 2.40. The van der Waals surface area contributed by atoms with E-state index in [1.807, 2.05) is 12.1 Å². The molecule has 6 amide bonds. The highest BCUT2D eigenvalue weighted by Crippen LogP contribution is 2.27. The predicted molar refractivity (Wildman–Crippen MR) is 215 cm³/mol. The monoisotopic (exact) mass is 784 g/mol. The molecular formula is C44H44N6O8. The molecular weight excluding hydrogens is 741 g/mol. The molecule has 14 nitrogen and oxygen atoms in total. The van der Waals surface area contributed by atoms with Crippen molar-refractivity contribution in [3.8, 4) is 11.8 Å². The number of methoxy groups -OCH3 is 2. The molecule has 0 bridgehead atoms. The van der Waals surface area contributed by atoms with Crippen LogP contribution in [0.25, 0.3) is 0 Å². The molecule has 4 aromatic carbocycles. The number of rotatable bonds is 10. The van der Waals surface area contributed by atoms with Gasteiger partial charge in [-0.1, -0.05) is 72.5 Å². The molecule has 2 aliphatic heterocycles. The third-order valence-electron chi connectivity index (χ3n) is 9.99. The minimum atomic E-state index is -1.01. The number of nitrogens with zero attached hydrogens (tertiary/aromatic N) is 2. The minimum absolute atomic E-state index is 0.332. The quantitative estimate of drug-likeness (QED) is 0.160. The summed E-state index contributed by atoms with van der Waals surface area (Å²) >= 11 is 0. The van der Waals surface area contributed by atoms with E-state index in [1.54, 1.807) is 97.1 Å². The second kappa shape index (κ2) is 19.1. The maximum Gasteiger partial charge on any atom is 0.407 e. The maximum atomic E-state index is 13.7. The Morgan fingerprint density at radius 3 is 1.26 bits per heavy atom. The van der Waals surface area contributed by atoms with Gasteiger partial charge in [0.15, 0.2) is 0 Å². The lowest BCUT2D eigenvalue weighted by atomic mass is 10.0. The van der Waals surface area contributed by atoms with Crippen molar-refractivity contribution in [1.82, 2.24) is 20.4 Å². The van der Waals surface area contributed by atoms with Crippen LogP contribution in [0.15, 0.2) is 109 Å². The van der Waals surface area contributed by atoms with Crippen molar-refractivity contribution in [2.24, 2.45) is 0 Å². The summed E-state index contributed by atoms with van der Waals surface area (Å²) in [5, 5.41) is 11.0. The smallest absolute Gasteiger partial charge is 0.407 e. The number of alkyl carbamates (subject to hydrolysis) is 2. The number of anilines is 2. The normalized spacial score (nSPS) is 16.8. The van der Waals surface area contributed by atoms with Crippen LogP contribution in [-0.4, -0.2) is 85.0 Å². The summed E-state index contributed by atoms with van der Waals surface area (Å²) in [7, 11) is 2.45. The van der Waals surface area contributed by atoms with Crippen LogP contribution < -0.4 is 21.3 Å². The summed E-state index contributed by atoms with van der Waals surface area (Å²) in [6, 6.07) is 28.2. The number of benzene rings is 4. The number of hydrogen-bond donors (Lipinski definition) is 4. The van der Waals surface area contributed by atoms with Gasteiger partial charge in [0.05, 0.1) is 14.2 Å². The Kier molecular flexibility index (Phi) is 13.4. The first-order valence-electron chi connectivity index (χ1n) is 18.9. The summed E-state index contributed by atoms with van der Waals surface area (Å²) in [6.45, 7) is 0.747. The highest BCUT2D eigenvalue weighted by molar-refractivity contribution is 6.00. The van der Waals surface area contributed by atoms with Crippen molar-refractivity contribution >= 4 is 47.2 Å². The molecule has 58 heavy (non-hydrogen) atoms. The summed E-state index contributed by atoms with van der Waals surface area (Å²) in [5.41, 5.74) is 3.65. The van der Waals surface area contributed by atoms with Crippen LogP contribution in [-0.2, 0) is 28.7 Å². The minimum Gasteiger partial charge on any atom is -0.453 e. The van der Waals surface area contributed by atoms with Gasteiger partial charge >= 0.3 is 12.2 Å². The van der Waals surface area contributed by atoms with E-state index in [-0.39, 0.29) is 11.8 Å². The summed E-state index contributed by atoms with van der Waals surface area (Å²) in [6.07, 6.45) is 0.735. The molecule has 4 N–H and O–H groups in total.